The first-order chi connectivity index (χ1) is 17.2. The van der Waals surface area contributed by atoms with Gasteiger partial charge in [0.2, 0.25) is 0 Å². The first-order valence-corrected chi connectivity index (χ1v) is 14.4. The van der Waals surface area contributed by atoms with Crippen LogP contribution in [0.5, 0.6) is 0 Å². The molecule has 0 saturated heterocycles. The van der Waals surface area contributed by atoms with E-state index in [0.717, 1.165) is 59.3 Å². The molecule has 188 valence electrons. The number of aliphatic hydroxyl groups excluding tert-OH is 1. The zero-order valence-electron chi connectivity index (χ0n) is 21.3. The number of pyridine rings is 1. The van der Waals surface area contributed by atoms with E-state index >= 15 is 0 Å². The van der Waals surface area contributed by atoms with Crippen molar-refractivity contribution in [3.05, 3.63) is 57.7 Å². The van der Waals surface area contributed by atoms with Crippen LogP contribution in [0, 0.1) is 39.9 Å². The van der Waals surface area contributed by atoms with Crippen molar-refractivity contribution < 1.29 is 5.11 Å². The molecule has 1 aromatic carbocycles. The van der Waals surface area contributed by atoms with Gasteiger partial charge in [0.1, 0.15) is 17.5 Å². The molecule has 0 spiro atoms. The molecule has 6 rings (SSSR count). The smallest absolute Gasteiger partial charge is 0.142 e. The van der Waals surface area contributed by atoms with Crippen LogP contribution < -0.4 is 5.73 Å². The number of halogens is 1. The van der Waals surface area contributed by atoms with E-state index < -0.39 is 0 Å². The van der Waals surface area contributed by atoms with Crippen LogP contribution in [0.1, 0.15) is 82.4 Å². The number of hydrogen-bond donors (Lipinski definition) is 2. The lowest BCUT2D eigenvalue weighted by molar-refractivity contribution is -0.0412. The van der Waals surface area contributed by atoms with E-state index in [2.05, 4.69) is 54.1 Å². The lowest BCUT2D eigenvalue weighted by Crippen LogP contribution is -2.50. The molecule has 5 heteroatoms. The largest absolute Gasteiger partial charge is 0.393 e. The van der Waals surface area contributed by atoms with Gasteiger partial charge in [0, 0.05) is 21.6 Å². The van der Waals surface area contributed by atoms with E-state index in [1.165, 1.54) is 24.8 Å². The number of aliphatic hydroxyl groups is 1. The lowest BCUT2D eigenvalue weighted by atomic mass is 9.47. The predicted octanol–water partition coefficient (Wildman–Crippen LogP) is 7.37. The van der Waals surface area contributed by atoms with Crippen LogP contribution in [0.15, 0.2) is 46.5 Å². The monoisotopic (exact) mass is 545 g/mol. The van der Waals surface area contributed by atoms with E-state index in [1.807, 2.05) is 18.2 Å². The summed E-state index contributed by atoms with van der Waals surface area (Å²) in [7, 11) is 0. The van der Waals surface area contributed by atoms with E-state index in [-0.39, 0.29) is 16.9 Å². The average molecular weight is 547 g/mol. The van der Waals surface area contributed by atoms with Crippen molar-refractivity contribution in [3.63, 3.8) is 0 Å². The number of aromatic nitrogens is 1. The molecule has 3 N–H and O–H groups in total. The van der Waals surface area contributed by atoms with Crippen LogP contribution in [-0.2, 0) is 0 Å². The maximum atomic E-state index is 10.3. The predicted molar refractivity (Wildman–Crippen MR) is 147 cm³/mol. The summed E-state index contributed by atoms with van der Waals surface area (Å²) in [5.41, 5.74) is 11.8. The molecule has 4 aliphatic rings. The van der Waals surface area contributed by atoms with Gasteiger partial charge in [-0.3, -0.25) is 0 Å². The van der Waals surface area contributed by atoms with Crippen LogP contribution in [0.4, 0.5) is 5.82 Å². The summed E-state index contributed by atoms with van der Waals surface area (Å²) >= 11 is 3.58. The highest BCUT2D eigenvalue weighted by atomic mass is 79.9. The molecule has 0 unspecified atom stereocenters. The van der Waals surface area contributed by atoms with Gasteiger partial charge in [0.05, 0.1) is 6.10 Å². The minimum absolute atomic E-state index is 0.155. The molecule has 4 aliphatic carbocycles. The summed E-state index contributed by atoms with van der Waals surface area (Å²) in [6.07, 6.45) is 11.3. The summed E-state index contributed by atoms with van der Waals surface area (Å²) in [5.74, 6) is 2.81. The fraction of sp³-hybridized carbons (Fsp3) is 0.548. The zero-order chi connectivity index (χ0) is 25.2. The van der Waals surface area contributed by atoms with Gasteiger partial charge in [-0.15, -0.1) is 0 Å². The quantitative estimate of drug-likeness (QED) is 0.385. The van der Waals surface area contributed by atoms with Gasteiger partial charge in [-0.1, -0.05) is 53.6 Å². The van der Waals surface area contributed by atoms with Crippen LogP contribution >= 0.6 is 15.9 Å². The number of nitrogen functional groups attached to an aromatic ring is 1. The number of rotatable bonds is 2. The summed E-state index contributed by atoms with van der Waals surface area (Å²) in [5, 5.41) is 20.2. The van der Waals surface area contributed by atoms with E-state index in [0.29, 0.717) is 29.1 Å². The third-order valence-electron chi connectivity index (χ3n) is 10.7. The van der Waals surface area contributed by atoms with Crippen molar-refractivity contribution in [1.29, 1.82) is 5.26 Å². The minimum Gasteiger partial charge on any atom is -0.393 e. The van der Waals surface area contributed by atoms with Gasteiger partial charge in [-0.05, 0) is 104 Å². The van der Waals surface area contributed by atoms with Crippen molar-refractivity contribution >= 4 is 21.7 Å². The van der Waals surface area contributed by atoms with Crippen molar-refractivity contribution in [1.82, 2.24) is 4.98 Å². The SMILES string of the molecule is C[C@]12CC[C@H]3[C@@H](CC=C4C[C@@H](O)CC[C@@]43C)[C@@H]1CC[C@@H]2c1cc(-c2cccc(Br)c2)c(C#N)c(N)n1. The molecule has 2 aromatic rings. The maximum Gasteiger partial charge on any atom is 0.142 e. The Morgan fingerprint density at radius 3 is 2.72 bits per heavy atom. The van der Waals surface area contributed by atoms with E-state index in [4.69, 9.17) is 10.7 Å². The Balaban J connectivity index is 1.36. The molecule has 36 heavy (non-hydrogen) atoms. The van der Waals surface area contributed by atoms with Crippen LogP contribution in [0.25, 0.3) is 11.1 Å². The van der Waals surface area contributed by atoms with Crippen molar-refractivity contribution in [2.75, 3.05) is 5.73 Å². The number of nitriles is 1. The Hall–Kier alpha value is -2.16. The summed E-state index contributed by atoms with van der Waals surface area (Å²) in [6, 6.07) is 12.6. The van der Waals surface area contributed by atoms with E-state index in [1.54, 1.807) is 0 Å². The molecule has 0 bridgehead atoms. The number of nitrogens with zero attached hydrogens (tertiary/aromatic N) is 2. The van der Waals surface area contributed by atoms with Gasteiger partial charge in [-0.2, -0.15) is 5.26 Å². The number of hydrogen-bond acceptors (Lipinski definition) is 4. The molecule has 1 heterocycles. The molecule has 3 saturated carbocycles. The van der Waals surface area contributed by atoms with E-state index in [9.17, 15) is 10.4 Å². The second-order valence-corrected chi connectivity index (χ2v) is 13.2. The normalized spacial score (nSPS) is 37.3. The molecule has 3 fully saturated rings. The number of nitrogens with two attached hydrogens (primary N) is 1. The summed E-state index contributed by atoms with van der Waals surface area (Å²) in [4.78, 5) is 4.87. The van der Waals surface area contributed by atoms with Gasteiger partial charge in [-0.25, -0.2) is 4.98 Å². The highest BCUT2D eigenvalue weighted by molar-refractivity contribution is 9.10. The Labute approximate surface area is 223 Å². The third kappa shape index (κ3) is 3.59. The standard InChI is InChI=1S/C31H36BrN3O/c1-30-12-10-21(36)15-19(30)6-7-22-25-8-9-27(31(25,2)13-11-26(22)30)28-16-23(24(17-33)29(34)35-28)18-4-3-5-20(32)14-18/h3-6,14,16,21-22,25-27,36H,7-13,15H2,1-2H3,(H2,34,35)/t21-,22-,25-,26-,27+,30-,31-/m0/s1. The van der Waals surface area contributed by atoms with Crippen LogP contribution in [-0.4, -0.2) is 16.2 Å². The zero-order valence-corrected chi connectivity index (χ0v) is 22.9. The molecule has 0 aliphatic heterocycles. The second kappa shape index (κ2) is 8.71. The molecule has 7 atom stereocenters. The number of benzene rings is 1. The van der Waals surface area contributed by atoms with Crippen LogP contribution in [0.2, 0.25) is 0 Å². The van der Waals surface area contributed by atoms with Crippen molar-refractivity contribution in [2.24, 2.45) is 28.6 Å². The first-order valence-electron chi connectivity index (χ1n) is 13.6. The Kier molecular flexibility index (Phi) is 5.85. The number of anilines is 1. The van der Waals surface area contributed by atoms with Gasteiger partial charge in [0.25, 0.3) is 0 Å². The average Bonchev–Trinajstić information content (AvgIpc) is 3.21. The van der Waals surface area contributed by atoms with Crippen molar-refractivity contribution in [2.45, 2.75) is 77.2 Å². The molecular weight excluding hydrogens is 510 g/mol. The second-order valence-electron chi connectivity index (χ2n) is 12.3. The highest BCUT2D eigenvalue weighted by Crippen LogP contribution is 2.68. The molecular formula is C31H36BrN3O. The highest BCUT2D eigenvalue weighted by Gasteiger charge is 2.59. The topological polar surface area (TPSA) is 82.9 Å². The fourth-order valence-electron chi connectivity index (χ4n) is 8.89. The Morgan fingerprint density at radius 2 is 1.94 bits per heavy atom. The van der Waals surface area contributed by atoms with Gasteiger partial charge < -0.3 is 10.8 Å². The number of allylic oxidation sites excluding steroid dienone is 1. The summed E-state index contributed by atoms with van der Waals surface area (Å²) < 4.78 is 0.987. The Bertz CT molecular complexity index is 1280. The lowest BCUT2D eigenvalue weighted by Gasteiger charge is -2.58. The molecule has 1 aromatic heterocycles. The van der Waals surface area contributed by atoms with Crippen molar-refractivity contribution in [3.8, 4) is 17.2 Å². The third-order valence-corrected chi connectivity index (χ3v) is 11.2. The maximum absolute atomic E-state index is 10.3. The Morgan fingerprint density at radius 1 is 1.11 bits per heavy atom. The van der Waals surface area contributed by atoms with Gasteiger partial charge >= 0.3 is 0 Å². The molecule has 0 amide bonds. The van der Waals surface area contributed by atoms with Crippen LogP contribution in [0.3, 0.4) is 0 Å². The minimum atomic E-state index is -0.155. The summed E-state index contributed by atoms with van der Waals surface area (Å²) in [6.45, 7) is 5.00. The number of fused-ring (bicyclic) bond motifs is 5. The van der Waals surface area contributed by atoms with Gasteiger partial charge in [0.15, 0.2) is 0 Å². The fourth-order valence-corrected chi connectivity index (χ4v) is 9.29. The molecule has 4 nitrogen and oxygen atoms in total. The molecule has 0 radical (unpaired) electrons. The first kappa shape index (κ1) is 24.2.